The van der Waals surface area contributed by atoms with Crippen LogP contribution in [0.15, 0.2) is 30.5 Å². The molecule has 0 aliphatic rings. The maximum Gasteiger partial charge on any atom is 0.339 e. The van der Waals surface area contributed by atoms with Gasteiger partial charge in [-0.2, -0.15) is 5.10 Å². The van der Waals surface area contributed by atoms with E-state index in [1.165, 1.54) is 29.1 Å². The van der Waals surface area contributed by atoms with Crippen LogP contribution in [0, 0.1) is 10.1 Å². The van der Waals surface area contributed by atoms with Crippen LogP contribution >= 0.6 is 0 Å². The molecular formula is C12H11N3O5. The van der Waals surface area contributed by atoms with E-state index in [1.807, 2.05) is 0 Å². The van der Waals surface area contributed by atoms with Crippen molar-refractivity contribution in [3.63, 3.8) is 0 Å². The largest absolute Gasteiger partial charge is 0.487 e. The molecule has 0 spiro atoms. The third-order valence-electron chi connectivity index (χ3n) is 2.70. The monoisotopic (exact) mass is 277 g/mol. The van der Waals surface area contributed by atoms with Crippen molar-refractivity contribution in [2.45, 2.75) is 6.61 Å². The molecule has 0 saturated heterocycles. The van der Waals surface area contributed by atoms with Crippen LogP contribution in [0.1, 0.15) is 16.1 Å². The first kappa shape index (κ1) is 13.5. The second kappa shape index (κ2) is 5.39. The second-order valence-corrected chi connectivity index (χ2v) is 3.98. The summed E-state index contributed by atoms with van der Waals surface area (Å²) in [6.07, 6.45) is 1.23. The number of nitro benzene ring substituents is 1. The number of nitrogens with zero attached hydrogens (tertiary/aromatic N) is 3. The Hall–Kier alpha value is -2.90. The van der Waals surface area contributed by atoms with Gasteiger partial charge < -0.3 is 9.84 Å². The molecule has 8 heteroatoms. The number of carboxylic acids is 1. The predicted octanol–water partition coefficient (Wildman–Crippen LogP) is 1.61. The Balaban J connectivity index is 2.17. The number of ether oxygens (including phenoxy) is 1. The molecular weight excluding hydrogens is 266 g/mol. The van der Waals surface area contributed by atoms with Crippen molar-refractivity contribution in [1.29, 1.82) is 0 Å². The minimum atomic E-state index is -1.10. The quantitative estimate of drug-likeness (QED) is 0.657. The molecule has 8 nitrogen and oxygen atoms in total. The van der Waals surface area contributed by atoms with Crippen molar-refractivity contribution >= 4 is 11.7 Å². The van der Waals surface area contributed by atoms with Gasteiger partial charge in [0.25, 0.3) is 5.69 Å². The first-order valence-electron chi connectivity index (χ1n) is 5.60. The van der Waals surface area contributed by atoms with Crippen LogP contribution in [0.3, 0.4) is 0 Å². The first-order valence-corrected chi connectivity index (χ1v) is 5.60. The normalized spacial score (nSPS) is 10.2. The van der Waals surface area contributed by atoms with Gasteiger partial charge in [-0.25, -0.2) is 4.79 Å². The van der Waals surface area contributed by atoms with E-state index < -0.39 is 10.9 Å². The molecule has 1 heterocycles. The SMILES string of the molecule is Cn1ncc(C(=O)O)c1COc1cccc([N+](=O)[O-])c1. The number of nitro groups is 1. The molecule has 104 valence electrons. The lowest BCUT2D eigenvalue weighted by molar-refractivity contribution is -0.384. The molecule has 0 radical (unpaired) electrons. The molecule has 0 saturated carbocycles. The van der Waals surface area contributed by atoms with Gasteiger partial charge in [0.2, 0.25) is 0 Å². The van der Waals surface area contributed by atoms with Crippen LogP contribution in [0.25, 0.3) is 0 Å². The van der Waals surface area contributed by atoms with Gasteiger partial charge in [-0.1, -0.05) is 6.07 Å². The molecule has 0 aliphatic heterocycles. The van der Waals surface area contributed by atoms with Gasteiger partial charge in [0.15, 0.2) is 0 Å². The standard InChI is InChI=1S/C12H11N3O5/c1-14-11(10(6-13-14)12(16)17)7-20-9-4-2-3-8(5-9)15(18)19/h2-6H,7H2,1H3,(H,16,17). The van der Waals surface area contributed by atoms with Crippen LogP contribution in [0.5, 0.6) is 5.75 Å². The summed E-state index contributed by atoms with van der Waals surface area (Å²) in [5, 5.41) is 23.5. The fraction of sp³-hybridized carbons (Fsp3) is 0.167. The van der Waals surface area contributed by atoms with Crippen LogP contribution in [-0.2, 0) is 13.7 Å². The Morgan fingerprint density at radius 1 is 1.55 bits per heavy atom. The number of hydrogen-bond acceptors (Lipinski definition) is 5. The van der Waals surface area contributed by atoms with E-state index in [0.29, 0.717) is 5.69 Å². The van der Waals surface area contributed by atoms with E-state index in [0.717, 1.165) is 0 Å². The topological polar surface area (TPSA) is 107 Å². The van der Waals surface area contributed by atoms with E-state index >= 15 is 0 Å². The Kier molecular flexibility index (Phi) is 3.65. The predicted molar refractivity (Wildman–Crippen MR) is 67.6 cm³/mol. The Bertz CT molecular complexity index is 665. The van der Waals surface area contributed by atoms with Crippen molar-refractivity contribution in [3.05, 3.63) is 51.8 Å². The molecule has 1 aromatic heterocycles. The Morgan fingerprint density at radius 3 is 2.95 bits per heavy atom. The number of non-ortho nitro benzene ring substituents is 1. The minimum Gasteiger partial charge on any atom is -0.487 e. The number of carbonyl (C=O) groups is 1. The summed E-state index contributed by atoms with van der Waals surface area (Å²) >= 11 is 0. The highest BCUT2D eigenvalue weighted by molar-refractivity contribution is 5.88. The molecule has 1 aromatic carbocycles. The number of benzene rings is 1. The van der Waals surface area contributed by atoms with E-state index in [9.17, 15) is 14.9 Å². The lowest BCUT2D eigenvalue weighted by Gasteiger charge is -2.07. The van der Waals surface area contributed by atoms with E-state index in [1.54, 1.807) is 13.1 Å². The molecule has 0 amide bonds. The Labute approximate surface area is 113 Å². The number of rotatable bonds is 5. The molecule has 0 aliphatic carbocycles. The molecule has 2 aromatic rings. The fourth-order valence-electron chi connectivity index (χ4n) is 1.65. The summed E-state index contributed by atoms with van der Waals surface area (Å²) in [5.41, 5.74) is 0.327. The zero-order valence-electron chi connectivity index (χ0n) is 10.5. The van der Waals surface area contributed by atoms with Crippen molar-refractivity contribution in [1.82, 2.24) is 9.78 Å². The number of carboxylic acid groups (broad SMARTS) is 1. The third kappa shape index (κ3) is 2.74. The first-order chi connectivity index (χ1) is 9.49. The van der Waals surface area contributed by atoms with Crippen molar-refractivity contribution in [3.8, 4) is 5.75 Å². The molecule has 0 atom stereocenters. The minimum absolute atomic E-state index is 0.0398. The second-order valence-electron chi connectivity index (χ2n) is 3.98. The van der Waals surface area contributed by atoms with Gasteiger partial charge in [0.05, 0.1) is 22.9 Å². The lowest BCUT2D eigenvalue weighted by Crippen LogP contribution is -2.08. The molecule has 1 N–H and O–H groups in total. The van der Waals surface area contributed by atoms with Gasteiger partial charge in [-0.15, -0.1) is 0 Å². The highest BCUT2D eigenvalue weighted by atomic mass is 16.6. The van der Waals surface area contributed by atoms with Gasteiger partial charge >= 0.3 is 5.97 Å². The zero-order valence-corrected chi connectivity index (χ0v) is 10.5. The molecule has 20 heavy (non-hydrogen) atoms. The molecule has 0 bridgehead atoms. The lowest BCUT2D eigenvalue weighted by atomic mass is 10.2. The van der Waals surface area contributed by atoms with Crippen LogP contribution in [-0.4, -0.2) is 25.8 Å². The Morgan fingerprint density at radius 2 is 2.30 bits per heavy atom. The molecule has 0 fully saturated rings. The number of aromatic nitrogens is 2. The third-order valence-corrected chi connectivity index (χ3v) is 2.70. The van der Waals surface area contributed by atoms with Crippen molar-refractivity contribution < 1.29 is 19.6 Å². The fourth-order valence-corrected chi connectivity index (χ4v) is 1.65. The van der Waals surface area contributed by atoms with Gasteiger partial charge in [-0.3, -0.25) is 14.8 Å². The van der Waals surface area contributed by atoms with Gasteiger partial charge in [0, 0.05) is 13.1 Å². The summed E-state index contributed by atoms with van der Waals surface area (Å²) < 4.78 is 6.77. The average molecular weight is 277 g/mol. The van der Waals surface area contributed by atoms with Crippen LogP contribution < -0.4 is 4.74 Å². The van der Waals surface area contributed by atoms with E-state index in [-0.39, 0.29) is 23.6 Å². The van der Waals surface area contributed by atoms with Gasteiger partial charge in [-0.05, 0) is 6.07 Å². The van der Waals surface area contributed by atoms with Crippen molar-refractivity contribution in [2.75, 3.05) is 0 Å². The van der Waals surface area contributed by atoms with Crippen LogP contribution in [0.2, 0.25) is 0 Å². The summed E-state index contributed by atoms with van der Waals surface area (Å²) in [5.74, 6) is -0.813. The van der Waals surface area contributed by atoms with E-state index in [2.05, 4.69) is 5.10 Å². The average Bonchev–Trinajstić information content (AvgIpc) is 2.78. The van der Waals surface area contributed by atoms with Crippen molar-refractivity contribution in [2.24, 2.45) is 7.05 Å². The molecule has 2 rings (SSSR count). The number of hydrogen-bond donors (Lipinski definition) is 1. The maximum atomic E-state index is 11.0. The summed E-state index contributed by atoms with van der Waals surface area (Å²) in [6, 6.07) is 5.68. The highest BCUT2D eigenvalue weighted by Gasteiger charge is 2.16. The van der Waals surface area contributed by atoms with E-state index in [4.69, 9.17) is 9.84 Å². The summed E-state index contributed by atoms with van der Waals surface area (Å²) in [7, 11) is 1.60. The highest BCUT2D eigenvalue weighted by Crippen LogP contribution is 2.20. The maximum absolute atomic E-state index is 11.0. The smallest absolute Gasteiger partial charge is 0.339 e. The summed E-state index contributed by atoms with van der Waals surface area (Å²) in [4.78, 5) is 21.1. The van der Waals surface area contributed by atoms with Crippen LogP contribution in [0.4, 0.5) is 5.69 Å². The summed E-state index contributed by atoms with van der Waals surface area (Å²) in [6.45, 7) is -0.0424. The zero-order chi connectivity index (χ0) is 14.7. The number of aromatic carboxylic acids is 1. The molecule has 0 unspecified atom stereocenters. The number of aryl methyl sites for hydroxylation is 1. The van der Waals surface area contributed by atoms with Gasteiger partial charge in [0.1, 0.15) is 17.9 Å².